The SMILES string of the molecule is Cc1ccc(-c2nnc(S[C@@H]3CCCCN(C(=O)c4ccc(Cl)cc4)C3=O)o2)cc1. The summed E-state index contributed by atoms with van der Waals surface area (Å²) < 4.78 is 5.77. The lowest BCUT2D eigenvalue weighted by atomic mass is 10.1. The van der Waals surface area contributed by atoms with Gasteiger partial charge in [0, 0.05) is 22.7 Å². The number of hydrogen-bond acceptors (Lipinski definition) is 6. The van der Waals surface area contributed by atoms with Crippen molar-refractivity contribution < 1.29 is 14.0 Å². The molecule has 6 nitrogen and oxygen atoms in total. The van der Waals surface area contributed by atoms with Gasteiger partial charge in [0.2, 0.25) is 11.8 Å². The van der Waals surface area contributed by atoms with Crippen molar-refractivity contribution in [2.45, 2.75) is 36.7 Å². The second-order valence-corrected chi connectivity index (χ2v) is 8.73. The molecule has 154 valence electrons. The number of benzene rings is 2. The van der Waals surface area contributed by atoms with Crippen molar-refractivity contribution >= 4 is 35.2 Å². The summed E-state index contributed by atoms with van der Waals surface area (Å²) in [6.45, 7) is 2.41. The third kappa shape index (κ3) is 4.57. The van der Waals surface area contributed by atoms with E-state index < -0.39 is 5.25 Å². The molecule has 2 amide bonds. The van der Waals surface area contributed by atoms with Crippen molar-refractivity contribution in [1.82, 2.24) is 15.1 Å². The molecule has 0 aliphatic carbocycles. The number of thioether (sulfide) groups is 1. The van der Waals surface area contributed by atoms with Crippen LogP contribution in [0.5, 0.6) is 0 Å². The van der Waals surface area contributed by atoms with Crippen LogP contribution in [0.4, 0.5) is 0 Å². The summed E-state index contributed by atoms with van der Waals surface area (Å²) in [5.41, 5.74) is 2.41. The zero-order valence-corrected chi connectivity index (χ0v) is 17.9. The van der Waals surface area contributed by atoms with Crippen molar-refractivity contribution in [2.24, 2.45) is 0 Å². The predicted octanol–water partition coefficient (Wildman–Crippen LogP) is 5.01. The van der Waals surface area contributed by atoms with E-state index in [1.54, 1.807) is 24.3 Å². The van der Waals surface area contributed by atoms with Gasteiger partial charge < -0.3 is 4.42 Å². The Morgan fingerprint density at radius 2 is 1.83 bits per heavy atom. The molecule has 0 bridgehead atoms. The molecule has 8 heteroatoms. The fraction of sp³-hybridized carbons (Fsp3) is 0.273. The van der Waals surface area contributed by atoms with Crippen LogP contribution < -0.4 is 0 Å². The molecule has 0 unspecified atom stereocenters. The smallest absolute Gasteiger partial charge is 0.277 e. The number of likely N-dealkylation sites (tertiary alicyclic amines) is 1. The molecule has 2 heterocycles. The number of aryl methyl sites for hydroxylation is 1. The molecule has 3 aromatic rings. The van der Waals surface area contributed by atoms with Gasteiger partial charge in [0.25, 0.3) is 11.1 Å². The minimum Gasteiger partial charge on any atom is -0.411 e. The summed E-state index contributed by atoms with van der Waals surface area (Å²) in [6.07, 6.45) is 2.25. The second kappa shape index (κ2) is 9.02. The number of carbonyl (C=O) groups excluding carboxylic acids is 2. The van der Waals surface area contributed by atoms with Gasteiger partial charge in [-0.1, -0.05) is 47.5 Å². The summed E-state index contributed by atoms with van der Waals surface area (Å²) in [7, 11) is 0. The molecule has 0 spiro atoms. The average molecular weight is 442 g/mol. The number of aromatic nitrogens is 2. The summed E-state index contributed by atoms with van der Waals surface area (Å²) >= 11 is 7.12. The Bertz CT molecular complexity index is 1050. The highest BCUT2D eigenvalue weighted by Crippen LogP contribution is 2.31. The van der Waals surface area contributed by atoms with Gasteiger partial charge in [-0.05, 0) is 56.2 Å². The van der Waals surface area contributed by atoms with E-state index in [1.807, 2.05) is 31.2 Å². The van der Waals surface area contributed by atoms with E-state index in [0.717, 1.165) is 24.0 Å². The standard InChI is InChI=1S/C22H20ClN3O3S/c1-14-5-7-15(8-6-14)19-24-25-22(29-19)30-18-4-2-3-13-26(21(18)28)20(27)16-9-11-17(23)12-10-16/h5-12,18H,2-4,13H2,1H3/t18-/m1/s1. The average Bonchev–Trinajstić information content (AvgIpc) is 3.14. The minimum absolute atomic E-state index is 0.229. The normalized spacial score (nSPS) is 17.1. The maximum absolute atomic E-state index is 13.1. The molecule has 0 radical (unpaired) electrons. The maximum Gasteiger partial charge on any atom is 0.277 e. The molecule has 1 aliphatic rings. The van der Waals surface area contributed by atoms with E-state index in [4.69, 9.17) is 16.0 Å². The number of hydrogen-bond donors (Lipinski definition) is 0. The second-order valence-electron chi connectivity index (χ2n) is 7.14. The van der Waals surface area contributed by atoms with Gasteiger partial charge >= 0.3 is 0 Å². The van der Waals surface area contributed by atoms with Gasteiger partial charge in [0.15, 0.2) is 0 Å². The highest BCUT2D eigenvalue weighted by Gasteiger charge is 2.33. The third-order valence-corrected chi connectivity index (χ3v) is 6.26. The van der Waals surface area contributed by atoms with E-state index in [9.17, 15) is 9.59 Å². The highest BCUT2D eigenvalue weighted by molar-refractivity contribution is 8.00. The topological polar surface area (TPSA) is 76.3 Å². The lowest BCUT2D eigenvalue weighted by Crippen LogP contribution is -2.41. The highest BCUT2D eigenvalue weighted by atomic mass is 35.5. The Morgan fingerprint density at radius 1 is 1.10 bits per heavy atom. The molecule has 1 aromatic heterocycles. The summed E-state index contributed by atoms with van der Waals surface area (Å²) in [5, 5.41) is 8.61. The number of rotatable bonds is 4. The first-order valence-corrected chi connectivity index (χ1v) is 11.0. The molecule has 30 heavy (non-hydrogen) atoms. The van der Waals surface area contributed by atoms with E-state index in [-0.39, 0.29) is 11.8 Å². The molecule has 1 aliphatic heterocycles. The molecule has 0 N–H and O–H groups in total. The Morgan fingerprint density at radius 3 is 2.57 bits per heavy atom. The quantitative estimate of drug-likeness (QED) is 0.529. The molecular weight excluding hydrogens is 422 g/mol. The van der Waals surface area contributed by atoms with Crippen LogP contribution in [0.25, 0.3) is 11.5 Å². The largest absolute Gasteiger partial charge is 0.411 e. The van der Waals surface area contributed by atoms with E-state index in [0.29, 0.717) is 34.7 Å². The van der Waals surface area contributed by atoms with E-state index >= 15 is 0 Å². The van der Waals surface area contributed by atoms with Gasteiger partial charge in [-0.15, -0.1) is 10.2 Å². The van der Waals surface area contributed by atoms with Crippen LogP contribution in [-0.2, 0) is 4.79 Å². The summed E-state index contributed by atoms with van der Waals surface area (Å²) in [4.78, 5) is 27.3. The third-order valence-electron chi connectivity index (χ3n) is 4.92. The minimum atomic E-state index is -0.449. The first-order valence-electron chi connectivity index (χ1n) is 9.70. The molecule has 1 fully saturated rings. The molecule has 0 saturated carbocycles. The zero-order valence-electron chi connectivity index (χ0n) is 16.4. The Kier molecular flexibility index (Phi) is 6.20. The predicted molar refractivity (Wildman–Crippen MR) is 115 cm³/mol. The lowest BCUT2D eigenvalue weighted by molar-refractivity contribution is -0.127. The van der Waals surface area contributed by atoms with E-state index in [2.05, 4.69) is 10.2 Å². The van der Waals surface area contributed by atoms with Crippen LogP contribution in [0.2, 0.25) is 5.02 Å². The first-order chi connectivity index (χ1) is 14.5. The fourth-order valence-electron chi connectivity index (χ4n) is 3.26. The van der Waals surface area contributed by atoms with Crippen molar-refractivity contribution in [2.75, 3.05) is 6.54 Å². The number of carbonyl (C=O) groups is 2. The number of imide groups is 1. The Labute approximate surface area is 183 Å². The van der Waals surface area contributed by atoms with Crippen molar-refractivity contribution in [3.8, 4) is 11.5 Å². The Balaban J connectivity index is 1.50. The molecule has 1 saturated heterocycles. The van der Waals surface area contributed by atoms with Crippen LogP contribution in [0.15, 0.2) is 58.2 Å². The van der Waals surface area contributed by atoms with Gasteiger partial charge in [0.05, 0.1) is 5.25 Å². The first kappa shape index (κ1) is 20.6. The number of halogens is 1. The molecule has 1 atom stereocenters. The van der Waals surface area contributed by atoms with Crippen LogP contribution in [0.1, 0.15) is 35.2 Å². The summed E-state index contributed by atoms with van der Waals surface area (Å²) in [5.74, 6) is -0.129. The lowest BCUT2D eigenvalue weighted by Gasteiger charge is -2.21. The van der Waals surface area contributed by atoms with Crippen LogP contribution >= 0.6 is 23.4 Å². The van der Waals surface area contributed by atoms with Gasteiger partial charge in [-0.3, -0.25) is 14.5 Å². The van der Waals surface area contributed by atoms with Crippen molar-refractivity contribution in [1.29, 1.82) is 0 Å². The summed E-state index contributed by atoms with van der Waals surface area (Å²) in [6, 6.07) is 14.3. The van der Waals surface area contributed by atoms with Crippen LogP contribution in [-0.4, -0.2) is 38.7 Å². The van der Waals surface area contributed by atoms with E-state index in [1.165, 1.54) is 16.7 Å². The fourth-order valence-corrected chi connectivity index (χ4v) is 4.36. The van der Waals surface area contributed by atoms with Crippen molar-refractivity contribution in [3.05, 3.63) is 64.7 Å². The van der Waals surface area contributed by atoms with Crippen molar-refractivity contribution in [3.63, 3.8) is 0 Å². The Hall–Kier alpha value is -2.64. The molecular formula is C22H20ClN3O3S. The zero-order chi connectivity index (χ0) is 21.1. The van der Waals surface area contributed by atoms with Gasteiger partial charge in [-0.2, -0.15) is 0 Å². The maximum atomic E-state index is 13.1. The van der Waals surface area contributed by atoms with Gasteiger partial charge in [0.1, 0.15) is 0 Å². The van der Waals surface area contributed by atoms with Crippen LogP contribution in [0.3, 0.4) is 0 Å². The number of amides is 2. The van der Waals surface area contributed by atoms with Gasteiger partial charge in [-0.25, -0.2) is 0 Å². The number of nitrogens with zero attached hydrogens (tertiary/aromatic N) is 3. The monoisotopic (exact) mass is 441 g/mol. The van der Waals surface area contributed by atoms with Crippen LogP contribution in [0, 0.1) is 6.92 Å². The molecule has 4 rings (SSSR count). The molecule has 2 aromatic carbocycles.